The summed E-state index contributed by atoms with van der Waals surface area (Å²) in [5.41, 5.74) is 0.562. The zero-order valence-electron chi connectivity index (χ0n) is 12.3. The van der Waals surface area contributed by atoms with Crippen LogP contribution < -0.4 is 10.2 Å². The molecule has 2 amide bonds. The molecule has 1 fully saturated rings. The van der Waals surface area contributed by atoms with Crippen molar-refractivity contribution in [2.45, 2.75) is 18.9 Å². The Morgan fingerprint density at radius 2 is 2.05 bits per heavy atom. The number of carbonyl (C=O) groups is 2. The van der Waals surface area contributed by atoms with Crippen LogP contribution in [0.1, 0.15) is 12.8 Å². The molecule has 0 radical (unpaired) electrons. The third-order valence-electron chi connectivity index (χ3n) is 3.48. The molecule has 0 spiro atoms. The number of nitrogens with zero attached hydrogens (tertiary/aromatic N) is 2. The number of nitrogens with one attached hydrogen (secondary N) is 1. The quantitative estimate of drug-likeness (QED) is 0.881. The standard InChI is InChI=1S/C15H20FN3O2/c1-18(2)10-9-17-15(21)13-7-8-14(20)19(13)12-5-3-11(16)4-6-12/h3-6,13H,7-10H2,1-2H3,(H,17,21). The van der Waals surface area contributed by atoms with E-state index in [4.69, 9.17) is 0 Å². The first kappa shape index (κ1) is 15.4. The van der Waals surface area contributed by atoms with Crippen LogP contribution in [0.2, 0.25) is 0 Å². The second-order valence-electron chi connectivity index (χ2n) is 5.39. The van der Waals surface area contributed by atoms with Crippen LogP contribution in [0, 0.1) is 5.82 Å². The van der Waals surface area contributed by atoms with Crippen molar-refractivity contribution in [1.29, 1.82) is 0 Å². The first-order valence-electron chi connectivity index (χ1n) is 6.99. The molecule has 0 aromatic heterocycles. The Balaban J connectivity index is 2.06. The average molecular weight is 293 g/mol. The zero-order chi connectivity index (χ0) is 15.4. The molecule has 0 saturated carbocycles. The normalized spacial score (nSPS) is 18.4. The van der Waals surface area contributed by atoms with Gasteiger partial charge in [-0.1, -0.05) is 0 Å². The van der Waals surface area contributed by atoms with Gasteiger partial charge in [0.25, 0.3) is 0 Å². The molecule has 0 aliphatic carbocycles. The van der Waals surface area contributed by atoms with Crippen molar-refractivity contribution in [3.05, 3.63) is 30.1 Å². The summed E-state index contributed by atoms with van der Waals surface area (Å²) in [7, 11) is 3.85. The second kappa shape index (κ2) is 6.67. The molecule has 21 heavy (non-hydrogen) atoms. The molecule has 6 heteroatoms. The number of hydrogen-bond donors (Lipinski definition) is 1. The van der Waals surface area contributed by atoms with E-state index < -0.39 is 6.04 Å². The van der Waals surface area contributed by atoms with Gasteiger partial charge in [-0.2, -0.15) is 0 Å². The number of halogens is 1. The van der Waals surface area contributed by atoms with E-state index in [0.717, 1.165) is 6.54 Å². The van der Waals surface area contributed by atoms with Crippen LogP contribution in [0.3, 0.4) is 0 Å². The molecule has 1 heterocycles. The predicted molar refractivity (Wildman–Crippen MR) is 78.5 cm³/mol. The lowest BCUT2D eigenvalue weighted by Gasteiger charge is -2.24. The minimum atomic E-state index is -0.509. The van der Waals surface area contributed by atoms with E-state index in [1.54, 1.807) is 0 Å². The van der Waals surface area contributed by atoms with E-state index in [2.05, 4.69) is 5.32 Å². The van der Waals surface area contributed by atoms with Crippen molar-refractivity contribution < 1.29 is 14.0 Å². The van der Waals surface area contributed by atoms with Gasteiger partial charge in [0.1, 0.15) is 11.9 Å². The van der Waals surface area contributed by atoms with Crippen molar-refractivity contribution in [3.63, 3.8) is 0 Å². The van der Waals surface area contributed by atoms with E-state index in [9.17, 15) is 14.0 Å². The Morgan fingerprint density at radius 3 is 2.67 bits per heavy atom. The number of hydrogen-bond acceptors (Lipinski definition) is 3. The molecule has 0 bridgehead atoms. The fourth-order valence-corrected chi connectivity index (χ4v) is 2.38. The predicted octanol–water partition coefficient (Wildman–Crippen LogP) is 0.999. The summed E-state index contributed by atoms with van der Waals surface area (Å²) >= 11 is 0. The van der Waals surface area contributed by atoms with Crippen molar-refractivity contribution in [1.82, 2.24) is 10.2 Å². The maximum Gasteiger partial charge on any atom is 0.243 e. The van der Waals surface area contributed by atoms with Crippen LogP contribution in [0.5, 0.6) is 0 Å². The number of carbonyl (C=O) groups excluding carboxylic acids is 2. The third-order valence-corrected chi connectivity index (χ3v) is 3.48. The van der Waals surface area contributed by atoms with Gasteiger partial charge in [0, 0.05) is 25.2 Å². The maximum atomic E-state index is 13.0. The zero-order valence-corrected chi connectivity index (χ0v) is 12.3. The van der Waals surface area contributed by atoms with E-state index in [1.165, 1.54) is 29.2 Å². The van der Waals surface area contributed by atoms with Gasteiger partial charge in [0.2, 0.25) is 11.8 Å². The first-order valence-corrected chi connectivity index (χ1v) is 6.99. The highest BCUT2D eigenvalue weighted by Crippen LogP contribution is 2.26. The lowest BCUT2D eigenvalue weighted by molar-refractivity contribution is -0.123. The molecule has 5 nitrogen and oxygen atoms in total. The van der Waals surface area contributed by atoms with Crippen LogP contribution in [0.15, 0.2) is 24.3 Å². The summed E-state index contributed by atoms with van der Waals surface area (Å²) in [5.74, 6) is -0.626. The third kappa shape index (κ3) is 3.78. The summed E-state index contributed by atoms with van der Waals surface area (Å²) in [6, 6.07) is 5.13. The van der Waals surface area contributed by atoms with Gasteiger partial charge in [-0.05, 0) is 44.8 Å². The molecule has 1 atom stereocenters. The van der Waals surface area contributed by atoms with Crippen molar-refractivity contribution >= 4 is 17.5 Å². The lowest BCUT2D eigenvalue weighted by Crippen LogP contribution is -2.46. The molecule has 114 valence electrons. The highest BCUT2D eigenvalue weighted by atomic mass is 19.1. The Bertz CT molecular complexity index is 516. The average Bonchev–Trinajstić information content (AvgIpc) is 2.81. The summed E-state index contributed by atoms with van der Waals surface area (Å²) in [6.45, 7) is 1.27. The summed E-state index contributed by atoms with van der Waals surface area (Å²) in [6.07, 6.45) is 0.827. The number of rotatable bonds is 5. The number of likely N-dealkylation sites (N-methyl/N-ethyl adjacent to an activating group) is 1. The van der Waals surface area contributed by atoms with E-state index >= 15 is 0 Å². The van der Waals surface area contributed by atoms with Gasteiger partial charge >= 0.3 is 0 Å². The van der Waals surface area contributed by atoms with Crippen LogP contribution in [0.4, 0.5) is 10.1 Å². The Kier molecular flexibility index (Phi) is 4.90. The summed E-state index contributed by atoms with van der Waals surface area (Å²) in [4.78, 5) is 27.7. The minimum Gasteiger partial charge on any atom is -0.353 e. The largest absolute Gasteiger partial charge is 0.353 e. The molecule has 1 unspecified atom stereocenters. The summed E-state index contributed by atoms with van der Waals surface area (Å²) < 4.78 is 13.0. The Morgan fingerprint density at radius 1 is 1.38 bits per heavy atom. The smallest absolute Gasteiger partial charge is 0.243 e. The Labute approximate surface area is 123 Å². The van der Waals surface area contributed by atoms with Crippen LogP contribution in [0.25, 0.3) is 0 Å². The summed E-state index contributed by atoms with van der Waals surface area (Å²) in [5, 5.41) is 2.84. The number of benzene rings is 1. The molecule has 1 aliphatic rings. The molecule has 2 rings (SSSR count). The van der Waals surface area contributed by atoms with Gasteiger partial charge in [0.05, 0.1) is 0 Å². The fraction of sp³-hybridized carbons (Fsp3) is 0.467. The SMILES string of the molecule is CN(C)CCNC(=O)C1CCC(=O)N1c1ccc(F)cc1. The molecular weight excluding hydrogens is 273 g/mol. The van der Waals surface area contributed by atoms with Gasteiger partial charge in [-0.3, -0.25) is 14.5 Å². The topological polar surface area (TPSA) is 52.7 Å². The fourth-order valence-electron chi connectivity index (χ4n) is 2.38. The van der Waals surface area contributed by atoms with E-state index in [-0.39, 0.29) is 17.6 Å². The molecule has 1 saturated heterocycles. The lowest BCUT2D eigenvalue weighted by atomic mass is 10.2. The number of anilines is 1. The van der Waals surface area contributed by atoms with Crippen LogP contribution in [-0.2, 0) is 9.59 Å². The number of amides is 2. The van der Waals surface area contributed by atoms with Gasteiger partial charge in [-0.25, -0.2) is 4.39 Å². The van der Waals surface area contributed by atoms with Crippen LogP contribution in [-0.4, -0.2) is 49.9 Å². The van der Waals surface area contributed by atoms with Crippen molar-refractivity contribution in [2.75, 3.05) is 32.1 Å². The molecule has 1 aliphatic heterocycles. The Hall–Kier alpha value is -1.95. The molecule has 1 aromatic rings. The van der Waals surface area contributed by atoms with Gasteiger partial charge < -0.3 is 10.2 Å². The van der Waals surface area contributed by atoms with E-state index in [1.807, 2.05) is 19.0 Å². The highest BCUT2D eigenvalue weighted by Gasteiger charge is 2.36. The van der Waals surface area contributed by atoms with Gasteiger partial charge in [-0.15, -0.1) is 0 Å². The molecule has 1 N–H and O–H groups in total. The highest BCUT2D eigenvalue weighted by molar-refractivity contribution is 6.03. The van der Waals surface area contributed by atoms with Crippen LogP contribution >= 0.6 is 0 Å². The van der Waals surface area contributed by atoms with Crippen molar-refractivity contribution in [2.24, 2.45) is 0 Å². The molecule has 1 aromatic carbocycles. The first-order chi connectivity index (χ1) is 9.99. The van der Waals surface area contributed by atoms with Gasteiger partial charge in [0.15, 0.2) is 0 Å². The second-order valence-corrected chi connectivity index (χ2v) is 5.39. The van der Waals surface area contributed by atoms with Crippen molar-refractivity contribution in [3.8, 4) is 0 Å². The monoisotopic (exact) mass is 293 g/mol. The van der Waals surface area contributed by atoms with E-state index in [0.29, 0.717) is 25.1 Å². The molecular formula is C15H20FN3O2. The maximum absolute atomic E-state index is 13.0. The minimum absolute atomic E-state index is 0.102.